The molecule has 2 rings (SSSR count). The number of nitrogens with zero attached hydrogens (tertiary/aromatic N) is 2. The number of carbonyl (C=O) groups is 1. The predicted molar refractivity (Wildman–Crippen MR) is 97.3 cm³/mol. The third-order valence-electron chi connectivity index (χ3n) is 4.07. The van der Waals surface area contributed by atoms with Gasteiger partial charge in [-0.2, -0.15) is 8.78 Å². The highest BCUT2D eigenvalue weighted by atomic mass is 35.5. The van der Waals surface area contributed by atoms with Crippen molar-refractivity contribution in [3.63, 3.8) is 0 Å². The Morgan fingerprint density at radius 3 is 2.62 bits per heavy atom. The van der Waals surface area contributed by atoms with Gasteiger partial charge in [0.25, 0.3) is 0 Å². The predicted octanol–water partition coefficient (Wildman–Crippen LogP) is 1.97. The number of ether oxygens (including phenoxy) is 2. The summed E-state index contributed by atoms with van der Waals surface area (Å²) in [7, 11) is 3.30. The number of hydrogen-bond acceptors (Lipinski definition) is 5. The van der Waals surface area contributed by atoms with Crippen molar-refractivity contribution in [2.75, 3.05) is 46.9 Å². The van der Waals surface area contributed by atoms with Crippen LogP contribution in [0, 0.1) is 0 Å². The quantitative estimate of drug-likeness (QED) is 0.732. The largest absolute Gasteiger partial charge is 0.493 e. The number of rotatable bonds is 8. The highest BCUT2D eigenvalue weighted by Crippen LogP contribution is 2.29. The molecule has 6 nitrogen and oxygen atoms in total. The molecule has 1 saturated heterocycles. The third kappa shape index (κ3) is 6.93. The van der Waals surface area contributed by atoms with E-state index in [0.717, 1.165) is 31.7 Å². The molecular weight excluding hydrogens is 368 g/mol. The molecule has 1 aliphatic rings. The molecule has 1 heterocycles. The van der Waals surface area contributed by atoms with Gasteiger partial charge in [0.1, 0.15) is 0 Å². The van der Waals surface area contributed by atoms with Crippen LogP contribution in [-0.2, 0) is 11.3 Å². The lowest BCUT2D eigenvalue weighted by Gasteiger charge is -2.28. The Bertz CT molecular complexity index is 572. The summed E-state index contributed by atoms with van der Waals surface area (Å²) in [5.74, 6) is 0.422. The zero-order valence-corrected chi connectivity index (χ0v) is 15.9. The smallest absolute Gasteiger partial charge is 0.387 e. The Kier molecular flexibility index (Phi) is 9.61. The topological polar surface area (TPSA) is 54.0 Å². The number of piperazine rings is 1. The van der Waals surface area contributed by atoms with Gasteiger partial charge in [0.15, 0.2) is 11.5 Å². The number of amides is 1. The summed E-state index contributed by atoms with van der Waals surface area (Å²) in [5, 5.41) is 3.22. The molecular formula is C17H26ClF2N3O3. The van der Waals surface area contributed by atoms with E-state index in [1.54, 1.807) is 18.2 Å². The number of methoxy groups -OCH3 is 1. The lowest BCUT2D eigenvalue weighted by atomic mass is 10.2. The fourth-order valence-corrected chi connectivity index (χ4v) is 2.76. The molecule has 0 atom stereocenters. The summed E-state index contributed by atoms with van der Waals surface area (Å²) >= 11 is 0. The van der Waals surface area contributed by atoms with Crippen LogP contribution in [-0.4, -0.2) is 69.2 Å². The molecule has 0 unspecified atom stereocenters. The van der Waals surface area contributed by atoms with Gasteiger partial charge in [-0.05, 0) is 24.7 Å². The van der Waals surface area contributed by atoms with Crippen molar-refractivity contribution < 1.29 is 23.0 Å². The fourth-order valence-electron chi connectivity index (χ4n) is 2.76. The summed E-state index contributed by atoms with van der Waals surface area (Å²) in [6.45, 7) is 1.38. The van der Waals surface area contributed by atoms with Crippen LogP contribution in [0.1, 0.15) is 12.0 Å². The van der Waals surface area contributed by atoms with E-state index in [9.17, 15) is 13.6 Å². The van der Waals surface area contributed by atoms with Crippen molar-refractivity contribution in [2.45, 2.75) is 19.6 Å². The molecule has 1 fully saturated rings. The van der Waals surface area contributed by atoms with Gasteiger partial charge in [0.05, 0.1) is 7.11 Å². The highest BCUT2D eigenvalue weighted by molar-refractivity contribution is 5.85. The van der Waals surface area contributed by atoms with E-state index < -0.39 is 6.61 Å². The van der Waals surface area contributed by atoms with Crippen LogP contribution in [0.2, 0.25) is 0 Å². The van der Waals surface area contributed by atoms with Gasteiger partial charge < -0.3 is 24.6 Å². The second-order valence-corrected chi connectivity index (χ2v) is 5.98. The van der Waals surface area contributed by atoms with Crippen molar-refractivity contribution in [2.24, 2.45) is 0 Å². The normalized spacial score (nSPS) is 14.3. The van der Waals surface area contributed by atoms with Gasteiger partial charge in [-0.1, -0.05) is 6.07 Å². The maximum atomic E-state index is 12.5. The first-order valence-corrected chi connectivity index (χ1v) is 8.28. The first-order valence-electron chi connectivity index (χ1n) is 8.28. The Labute approximate surface area is 158 Å². The summed E-state index contributed by atoms with van der Waals surface area (Å²) in [4.78, 5) is 16.0. The Morgan fingerprint density at radius 2 is 2.00 bits per heavy atom. The SMILES string of the molecule is COc1ccc(CN(C)CCC(=O)N2CCNCC2)cc1OC(F)F.Cl. The van der Waals surface area contributed by atoms with Gasteiger partial charge in [-0.25, -0.2) is 0 Å². The standard InChI is InChI=1S/C17H25F2N3O3.ClH/c1-21(8-5-16(23)22-9-6-20-7-10-22)12-13-3-4-14(24-2)15(11-13)25-17(18)19;/h3-4,11,17,20H,5-10,12H2,1-2H3;1H. The van der Waals surface area contributed by atoms with Crippen LogP contribution in [0.5, 0.6) is 11.5 Å². The van der Waals surface area contributed by atoms with Gasteiger partial charge in [-0.3, -0.25) is 4.79 Å². The minimum Gasteiger partial charge on any atom is -0.493 e. The number of nitrogens with one attached hydrogen (secondary N) is 1. The summed E-state index contributed by atoms with van der Waals surface area (Å²) < 4.78 is 34.5. The Morgan fingerprint density at radius 1 is 1.31 bits per heavy atom. The summed E-state index contributed by atoms with van der Waals surface area (Å²) in [6.07, 6.45) is 0.438. The minimum atomic E-state index is -2.90. The monoisotopic (exact) mass is 393 g/mol. The molecule has 1 aromatic carbocycles. The van der Waals surface area contributed by atoms with Crippen LogP contribution in [0.25, 0.3) is 0 Å². The molecule has 1 N–H and O–H groups in total. The number of hydrogen-bond donors (Lipinski definition) is 1. The number of alkyl halides is 2. The second kappa shape index (κ2) is 11.2. The number of halogens is 3. The number of carbonyl (C=O) groups excluding carboxylic acids is 1. The van der Waals surface area contributed by atoms with E-state index >= 15 is 0 Å². The van der Waals surface area contributed by atoms with Crippen molar-refractivity contribution in [3.8, 4) is 11.5 Å². The molecule has 1 aliphatic heterocycles. The second-order valence-electron chi connectivity index (χ2n) is 5.98. The average Bonchev–Trinajstić information content (AvgIpc) is 2.60. The maximum absolute atomic E-state index is 12.5. The summed E-state index contributed by atoms with van der Waals surface area (Å²) in [6, 6.07) is 4.94. The van der Waals surface area contributed by atoms with E-state index in [-0.39, 0.29) is 29.8 Å². The first-order chi connectivity index (χ1) is 12.0. The lowest BCUT2D eigenvalue weighted by Crippen LogP contribution is -2.47. The zero-order chi connectivity index (χ0) is 18.2. The van der Waals surface area contributed by atoms with Crippen molar-refractivity contribution in [3.05, 3.63) is 23.8 Å². The lowest BCUT2D eigenvalue weighted by molar-refractivity contribution is -0.132. The van der Waals surface area contributed by atoms with E-state index in [0.29, 0.717) is 19.5 Å². The van der Waals surface area contributed by atoms with Crippen LogP contribution >= 0.6 is 12.4 Å². The van der Waals surface area contributed by atoms with E-state index in [4.69, 9.17) is 4.74 Å². The van der Waals surface area contributed by atoms with Crippen LogP contribution < -0.4 is 14.8 Å². The van der Waals surface area contributed by atoms with E-state index in [1.165, 1.54) is 7.11 Å². The van der Waals surface area contributed by atoms with E-state index in [2.05, 4.69) is 10.1 Å². The Hall–Kier alpha value is -1.64. The molecule has 148 valence electrons. The highest BCUT2D eigenvalue weighted by Gasteiger charge is 2.17. The van der Waals surface area contributed by atoms with Crippen molar-refractivity contribution in [1.82, 2.24) is 15.1 Å². The molecule has 0 radical (unpaired) electrons. The van der Waals surface area contributed by atoms with Crippen molar-refractivity contribution >= 4 is 18.3 Å². The van der Waals surface area contributed by atoms with Gasteiger partial charge in [-0.15, -0.1) is 12.4 Å². The summed E-state index contributed by atoms with van der Waals surface area (Å²) in [5.41, 5.74) is 0.813. The van der Waals surface area contributed by atoms with Gasteiger partial charge >= 0.3 is 6.61 Å². The third-order valence-corrected chi connectivity index (χ3v) is 4.07. The van der Waals surface area contributed by atoms with Gasteiger partial charge in [0.2, 0.25) is 5.91 Å². The molecule has 9 heteroatoms. The van der Waals surface area contributed by atoms with Gasteiger partial charge in [0, 0.05) is 45.7 Å². The maximum Gasteiger partial charge on any atom is 0.387 e. The molecule has 1 amide bonds. The molecule has 26 heavy (non-hydrogen) atoms. The zero-order valence-electron chi connectivity index (χ0n) is 15.0. The molecule has 0 saturated carbocycles. The fraction of sp³-hybridized carbons (Fsp3) is 0.588. The van der Waals surface area contributed by atoms with Crippen LogP contribution in [0.15, 0.2) is 18.2 Å². The number of benzene rings is 1. The average molecular weight is 394 g/mol. The minimum absolute atomic E-state index is 0. The van der Waals surface area contributed by atoms with Crippen LogP contribution in [0.3, 0.4) is 0 Å². The Balaban J connectivity index is 0.00000338. The van der Waals surface area contributed by atoms with Crippen molar-refractivity contribution in [1.29, 1.82) is 0 Å². The molecule has 1 aromatic rings. The first kappa shape index (κ1) is 22.4. The molecule has 0 aliphatic carbocycles. The molecule has 0 aromatic heterocycles. The van der Waals surface area contributed by atoms with E-state index in [1.807, 2.05) is 16.8 Å². The molecule has 0 spiro atoms. The molecule has 0 bridgehead atoms. The van der Waals surface area contributed by atoms with Crippen LogP contribution in [0.4, 0.5) is 8.78 Å².